The monoisotopic (exact) mass is 470 g/mol. The number of sulfonamides is 1. The molecule has 5 unspecified atom stereocenters. The zero-order chi connectivity index (χ0) is 21.8. The molecular weight excluding hydrogens is 436 g/mol. The second-order valence-corrected chi connectivity index (χ2v) is 13.8. The molecule has 5 atom stereocenters. The summed E-state index contributed by atoms with van der Waals surface area (Å²) >= 11 is 1.83. The van der Waals surface area contributed by atoms with E-state index >= 15 is 0 Å². The first-order valence-electron chi connectivity index (χ1n) is 11.7. The summed E-state index contributed by atoms with van der Waals surface area (Å²) < 4.78 is 34.8. The third-order valence-corrected chi connectivity index (χ3v) is 10.6. The van der Waals surface area contributed by atoms with Crippen molar-refractivity contribution in [2.75, 3.05) is 19.7 Å². The van der Waals surface area contributed by atoms with Gasteiger partial charge in [-0.1, -0.05) is 0 Å². The predicted octanol–water partition coefficient (Wildman–Crippen LogP) is 1.67. The van der Waals surface area contributed by atoms with Gasteiger partial charge in [0, 0.05) is 23.9 Å². The number of thioether (sulfide) groups is 1. The van der Waals surface area contributed by atoms with Crippen LogP contribution in [-0.4, -0.2) is 72.4 Å². The first-order valence-corrected chi connectivity index (χ1v) is 14.1. The van der Waals surface area contributed by atoms with Crippen molar-refractivity contribution < 1.29 is 17.9 Å². The number of rotatable bonds is 7. The van der Waals surface area contributed by atoms with E-state index in [9.17, 15) is 13.2 Å². The summed E-state index contributed by atoms with van der Waals surface area (Å²) in [5, 5.41) is 3.54. The number of amidine groups is 1. The molecule has 0 spiro atoms. The van der Waals surface area contributed by atoms with E-state index in [0.29, 0.717) is 49.7 Å². The van der Waals surface area contributed by atoms with Crippen molar-refractivity contribution in [3.05, 3.63) is 0 Å². The smallest absolute Gasteiger partial charge is 0.294 e. The van der Waals surface area contributed by atoms with Crippen molar-refractivity contribution >= 4 is 33.7 Å². The Hall–Kier alpha value is -0.840. The van der Waals surface area contributed by atoms with Crippen molar-refractivity contribution in [1.82, 2.24) is 14.9 Å². The van der Waals surface area contributed by atoms with Gasteiger partial charge in [-0.2, -0.15) is 0 Å². The second kappa shape index (κ2) is 8.18. The van der Waals surface area contributed by atoms with Crippen molar-refractivity contribution in [3.8, 4) is 0 Å². The van der Waals surface area contributed by atoms with Gasteiger partial charge in [0.1, 0.15) is 0 Å². The van der Waals surface area contributed by atoms with Crippen LogP contribution in [0.1, 0.15) is 58.8 Å². The molecule has 0 radical (unpaired) electrons. The number of hydrogen-bond donors (Lipinski definition) is 2. The zero-order valence-electron chi connectivity index (χ0n) is 18.4. The summed E-state index contributed by atoms with van der Waals surface area (Å²) in [6, 6.07) is 0.289. The summed E-state index contributed by atoms with van der Waals surface area (Å²) in [4.78, 5) is 20.2. The first-order chi connectivity index (χ1) is 14.7. The van der Waals surface area contributed by atoms with Gasteiger partial charge in [0.25, 0.3) is 6.02 Å². The van der Waals surface area contributed by atoms with E-state index in [1.54, 1.807) is 4.90 Å². The second-order valence-electron chi connectivity index (χ2n) is 10.2. The molecule has 2 heterocycles. The number of carbonyl (C=O) groups is 1. The highest BCUT2D eigenvalue weighted by atomic mass is 32.2. The Morgan fingerprint density at radius 3 is 2.71 bits per heavy atom. The minimum atomic E-state index is -3.44. The van der Waals surface area contributed by atoms with Crippen LogP contribution in [0.3, 0.4) is 0 Å². The zero-order valence-corrected chi connectivity index (χ0v) is 20.0. The summed E-state index contributed by atoms with van der Waals surface area (Å²) in [6.45, 7) is 6.10. The van der Waals surface area contributed by atoms with Crippen LogP contribution in [0.15, 0.2) is 4.99 Å². The third-order valence-electron chi connectivity index (χ3n) is 7.24. The molecule has 5 aliphatic rings. The Bertz CT molecular complexity index is 855. The molecular formula is C21H34N4O4S2. The maximum Gasteiger partial charge on any atom is 0.294 e. The van der Waals surface area contributed by atoms with Crippen LogP contribution >= 0.6 is 11.8 Å². The van der Waals surface area contributed by atoms with Crippen LogP contribution in [0.5, 0.6) is 0 Å². The normalized spacial score (nSPS) is 37.4. The molecule has 2 aliphatic heterocycles. The van der Waals surface area contributed by atoms with Gasteiger partial charge in [-0.25, -0.2) is 18.1 Å². The summed E-state index contributed by atoms with van der Waals surface area (Å²) in [5.74, 6) is 0.187. The molecule has 8 nitrogen and oxygen atoms in total. The van der Waals surface area contributed by atoms with E-state index in [2.05, 4.69) is 17.0 Å². The molecule has 5 rings (SSSR count). The maximum absolute atomic E-state index is 13.6. The fraction of sp³-hybridized carbons (Fsp3) is 0.905. The molecule has 0 aromatic rings. The van der Waals surface area contributed by atoms with Crippen molar-refractivity contribution in [3.63, 3.8) is 0 Å². The first kappa shape index (κ1) is 22.0. The fourth-order valence-electron chi connectivity index (χ4n) is 4.79. The maximum atomic E-state index is 13.6. The minimum absolute atomic E-state index is 0.0107. The minimum Gasteiger partial charge on any atom is -0.465 e. The highest BCUT2D eigenvalue weighted by Crippen LogP contribution is 2.40. The predicted molar refractivity (Wildman–Crippen MR) is 121 cm³/mol. The van der Waals surface area contributed by atoms with E-state index < -0.39 is 15.3 Å². The molecule has 174 valence electrons. The molecule has 1 amide bonds. The topological polar surface area (TPSA) is 100 Å². The number of nitrogens with one attached hydrogen (secondary N) is 2. The standard InChI is InChI=1S/C21H34N4O4S2/c1-13-22-10-15(30-13)11-25-19(26)17-9-16(31(27,28)24-21(2)7-8-21)5-6-18(17)23-20(25)29-12-14-3-4-14/h13-18,22,24H,3-12H2,1-2H3. The van der Waals surface area contributed by atoms with Crippen LogP contribution < -0.4 is 10.0 Å². The Balaban J connectivity index is 1.32. The number of carbonyl (C=O) groups excluding carboxylic acids is 1. The molecule has 10 heteroatoms. The van der Waals surface area contributed by atoms with Gasteiger partial charge in [0.2, 0.25) is 15.9 Å². The molecule has 0 bridgehead atoms. The average molecular weight is 471 g/mol. The quantitative estimate of drug-likeness (QED) is 0.587. The molecule has 1 saturated heterocycles. The van der Waals surface area contributed by atoms with E-state index in [1.165, 1.54) is 12.8 Å². The van der Waals surface area contributed by atoms with E-state index in [0.717, 1.165) is 19.4 Å². The van der Waals surface area contributed by atoms with E-state index in [4.69, 9.17) is 9.73 Å². The number of hydrogen-bond acceptors (Lipinski definition) is 7. The van der Waals surface area contributed by atoms with Gasteiger partial charge < -0.3 is 10.1 Å². The summed E-state index contributed by atoms with van der Waals surface area (Å²) in [5.41, 5.74) is -0.288. The molecule has 31 heavy (non-hydrogen) atoms. The molecule has 3 aliphatic carbocycles. The van der Waals surface area contributed by atoms with Gasteiger partial charge in [0.05, 0.1) is 29.2 Å². The molecule has 0 aromatic heterocycles. The Morgan fingerprint density at radius 2 is 2.06 bits per heavy atom. The van der Waals surface area contributed by atoms with Crippen molar-refractivity contribution in [2.24, 2.45) is 16.8 Å². The average Bonchev–Trinajstić information content (AvgIpc) is 3.63. The van der Waals surface area contributed by atoms with Crippen molar-refractivity contribution in [1.29, 1.82) is 0 Å². The lowest BCUT2D eigenvalue weighted by Gasteiger charge is -2.40. The van der Waals surface area contributed by atoms with Crippen LogP contribution in [0.4, 0.5) is 0 Å². The molecule has 2 N–H and O–H groups in total. The number of fused-ring (bicyclic) bond motifs is 1. The molecule has 0 aromatic carbocycles. The highest BCUT2D eigenvalue weighted by Gasteiger charge is 2.49. The van der Waals surface area contributed by atoms with Gasteiger partial charge in [0.15, 0.2) is 0 Å². The Labute approximate surface area is 189 Å². The third kappa shape index (κ3) is 4.91. The van der Waals surface area contributed by atoms with Crippen LogP contribution in [0.25, 0.3) is 0 Å². The molecule has 4 fully saturated rings. The van der Waals surface area contributed by atoms with Gasteiger partial charge in [-0.05, 0) is 64.7 Å². The van der Waals surface area contributed by atoms with Crippen LogP contribution in [-0.2, 0) is 19.6 Å². The number of nitrogens with zero attached hydrogens (tertiary/aromatic N) is 2. The lowest BCUT2D eigenvalue weighted by Crippen LogP contribution is -2.55. The largest absolute Gasteiger partial charge is 0.465 e. The van der Waals surface area contributed by atoms with Gasteiger partial charge >= 0.3 is 0 Å². The number of aliphatic imine (C=N–C) groups is 1. The van der Waals surface area contributed by atoms with Crippen LogP contribution in [0.2, 0.25) is 0 Å². The van der Waals surface area contributed by atoms with Crippen molar-refractivity contribution in [2.45, 2.75) is 86.2 Å². The lowest BCUT2D eigenvalue weighted by atomic mass is 9.82. The Kier molecular flexibility index (Phi) is 5.80. The van der Waals surface area contributed by atoms with Crippen LogP contribution in [0, 0.1) is 11.8 Å². The summed E-state index contributed by atoms with van der Waals surface area (Å²) in [6.07, 6.45) is 5.62. The molecule has 3 saturated carbocycles. The van der Waals surface area contributed by atoms with Gasteiger partial charge in [-0.15, -0.1) is 11.8 Å². The van der Waals surface area contributed by atoms with E-state index in [1.807, 2.05) is 18.7 Å². The Morgan fingerprint density at radius 1 is 1.29 bits per heavy atom. The number of ether oxygens (including phenoxy) is 1. The number of amides is 1. The lowest BCUT2D eigenvalue weighted by molar-refractivity contribution is -0.135. The van der Waals surface area contributed by atoms with E-state index in [-0.39, 0.29) is 28.7 Å². The summed E-state index contributed by atoms with van der Waals surface area (Å²) in [7, 11) is -3.44. The fourth-order valence-corrected chi connectivity index (χ4v) is 7.96. The van der Waals surface area contributed by atoms with Gasteiger partial charge in [-0.3, -0.25) is 9.69 Å². The highest BCUT2D eigenvalue weighted by molar-refractivity contribution is 8.00. The SMILES string of the molecule is CC1NCC(CN2C(=O)C3CC(S(=O)(=O)NC4(C)CC4)CCC3N=C2OCC2CC2)S1.